The molecule has 1 unspecified atom stereocenters. The van der Waals surface area contributed by atoms with Gasteiger partial charge in [-0.2, -0.15) is 0 Å². The third kappa shape index (κ3) is 1.94. The maximum absolute atomic E-state index is 9.57. The summed E-state index contributed by atoms with van der Waals surface area (Å²) in [5.41, 5.74) is 8.72. The highest BCUT2D eigenvalue weighted by Gasteiger charge is 2.34. The highest BCUT2D eigenvalue weighted by molar-refractivity contribution is 6.07. The molecule has 0 radical (unpaired) electrons. The lowest BCUT2D eigenvalue weighted by Gasteiger charge is -2.33. The highest BCUT2D eigenvalue weighted by Crippen LogP contribution is 2.45. The summed E-state index contributed by atoms with van der Waals surface area (Å²) in [5, 5.41) is 9.57. The summed E-state index contributed by atoms with van der Waals surface area (Å²) < 4.78 is 0. The molecule has 0 aromatic heterocycles. The van der Waals surface area contributed by atoms with Gasteiger partial charge in [-0.15, -0.1) is 0 Å². The zero-order chi connectivity index (χ0) is 15.5. The van der Waals surface area contributed by atoms with E-state index in [1.54, 1.807) is 0 Å². The molecule has 0 spiro atoms. The molecule has 0 saturated carbocycles. The first-order chi connectivity index (χ1) is 10.5. The molecular weight excluding hydrogens is 270 g/mol. The van der Waals surface area contributed by atoms with Gasteiger partial charge in [0.25, 0.3) is 0 Å². The van der Waals surface area contributed by atoms with Gasteiger partial charge in [0.1, 0.15) is 0 Å². The number of aliphatic hydroxyl groups excluding tert-OH is 1. The summed E-state index contributed by atoms with van der Waals surface area (Å²) >= 11 is 0. The van der Waals surface area contributed by atoms with Gasteiger partial charge < -0.3 is 5.11 Å². The number of hydrogen-bond donors (Lipinski definition) is 1. The van der Waals surface area contributed by atoms with Gasteiger partial charge in [0.2, 0.25) is 0 Å². The van der Waals surface area contributed by atoms with Crippen LogP contribution in [-0.2, 0) is 6.61 Å². The second-order valence-electron chi connectivity index (χ2n) is 7.09. The number of hydrogen-bond acceptors (Lipinski definition) is 2. The van der Waals surface area contributed by atoms with Crippen LogP contribution in [0.15, 0.2) is 46.5 Å². The Balaban J connectivity index is 1.86. The van der Waals surface area contributed by atoms with Gasteiger partial charge in [-0.05, 0) is 54.7 Å². The van der Waals surface area contributed by atoms with E-state index < -0.39 is 0 Å². The minimum atomic E-state index is -0.0937. The first-order valence-electron chi connectivity index (χ1n) is 7.92. The molecular formula is C20H21NO. The molecule has 2 aliphatic carbocycles. The predicted octanol–water partition coefficient (Wildman–Crippen LogP) is 4.16. The minimum absolute atomic E-state index is 0.0937. The molecule has 1 aliphatic heterocycles. The van der Waals surface area contributed by atoms with Crippen molar-refractivity contribution < 1.29 is 5.11 Å². The fourth-order valence-corrected chi connectivity index (χ4v) is 4.04. The van der Waals surface area contributed by atoms with Crippen molar-refractivity contribution in [3.8, 4) is 0 Å². The molecule has 1 heterocycles. The topological polar surface area (TPSA) is 32.6 Å². The molecule has 4 rings (SSSR count). The van der Waals surface area contributed by atoms with Crippen LogP contribution in [0.4, 0.5) is 0 Å². The van der Waals surface area contributed by atoms with Crippen molar-refractivity contribution >= 4 is 17.4 Å². The molecule has 22 heavy (non-hydrogen) atoms. The van der Waals surface area contributed by atoms with Gasteiger partial charge >= 0.3 is 0 Å². The van der Waals surface area contributed by atoms with Crippen LogP contribution in [0, 0.1) is 5.92 Å². The summed E-state index contributed by atoms with van der Waals surface area (Å²) in [7, 11) is 0. The van der Waals surface area contributed by atoms with Gasteiger partial charge in [0, 0.05) is 18.1 Å². The van der Waals surface area contributed by atoms with Gasteiger partial charge in [-0.3, -0.25) is 4.99 Å². The number of aliphatic hydroxyl groups is 1. The summed E-state index contributed by atoms with van der Waals surface area (Å²) in [6.45, 7) is 6.64. The molecule has 0 saturated heterocycles. The monoisotopic (exact) mass is 291 g/mol. The second kappa shape index (κ2) is 4.53. The number of dihydropyridines is 1. The van der Waals surface area contributed by atoms with E-state index in [1.807, 2.05) is 12.1 Å². The Hall–Kier alpha value is -1.93. The number of fused-ring (bicyclic) bond motifs is 4. The van der Waals surface area contributed by atoms with E-state index in [1.165, 1.54) is 33.6 Å². The lowest BCUT2D eigenvalue weighted by atomic mass is 9.77. The maximum atomic E-state index is 9.57. The smallest absolute Gasteiger partial charge is 0.0734 e. The normalized spacial score (nSPS) is 24.5. The standard InChI is InChI=1S/C20H21NO/c1-12-10-20(2,3)21-19-8-14-7-17-13(11-22)5-4-6-15(17)18(14)9-16(12)19/h4-7,9-10,16,22H,8,11H2,1-3H3. The predicted molar refractivity (Wildman–Crippen MR) is 91.7 cm³/mol. The molecule has 2 heteroatoms. The molecule has 1 N–H and O–H groups in total. The summed E-state index contributed by atoms with van der Waals surface area (Å²) in [6, 6.07) is 6.21. The third-order valence-corrected chi connectivity index (χ3v) is 4.89. The van der Waals surface area contributed by atoms with Crippen LogP contribution < -0.4 is 0 Å². The molecule has 0 fully saturated rings. The molecule has 3 aliphatic rings. The maximum Gasteiger partial charge on any atom is 0.0734 e. The highest BCUT2D eigenvalue weighted by atomic mass is 16.3. The number of allylic oxidation sites excluding steroid dienone is 4. The van der Waals surface area contributed by atoms with Crippen LogP contribution in [0.2, 0.25) is 0 Å². The molecule has 2 nitrogen and oxygen atoms in total. The minimum Gasteiger partial charge on any atom is -0.392 e. The van der Waals surface area contributed by atoms with E-state index in [9.17, 15) is 5.11 Å². The Morgan fingerprint density at radius 3 is 2.91 bits per heavy atom. The Morgan fingerprint density at radius 2 is 2.14 bits per heavy atom. The Bertz CT molecular complexity index is 790. The van der Waals surface area contributed by atoms with Crippen molar-refractivity contribution in [1.82, 2.24) is 0 Å². The Morgan fingerprint density at radius 1 is 1.32 bits per heavy atom. The van der Waals surface area contributed by atoms with E-state index in [4.69, 9.17) is 4.99 Å². The van der Waals surface area contributed by atoms with E-state index in [2.05, 4.69) is 45.1 Å². The molecule has 112 valence electrons. The van der Waals surface area contributed by atoms with Crippen molar-refractivity contribution in [2.24, 2.45) is 10.9 Å². The lowest BCUT2D eigenvalue weighted by Crippen LogP contribution is -2.30. The third-order valence-electron chi connectivity index (χ3n) is 4.89. The van der Waals surface area contributed by atoms with Crippen LogP contribution in [0.5, 0.6) is 0 Å². The summed E-state index contributed by atoms with van der Waals surface area (Å²) in [4.78, 5) is 4.96. The number of aliphatic imine (C=N–C) groups is 1. The summed E-state index contributed by atoms with van der Waals surface area (Å²) in [6.07, 6.45) is 7.81. The second-order valence-corrected chi connectivity index (χ2v) is 7.09. The first-order valence-corrected chi connectivity index (χ1v) is 7.92. The SMILES string of the molecule is CC1=CC(C)(C)N=C2CC3=Cc4c(CO)cccc4C3=CC12. The first kappa shape index (κ1) is 13.7. The zero-order valence-corrected chi connectivity index (χ0v) is 13.4. The fraction of sp³-hybridized carbons (Fsp3) is 0.350. The van der Waals surface area contributed by atoms with E-state index in [0.29, 0.717) is 5.92 Å². The number of rotatable bonds is 1. The van der Waals surface area contributed by atoms with Crippen molar-refractivity contribution in [1.29, 1.82) is 0 Å². The van der Waals surface area contributed by atoms with Gasteiger partial charge in [0.05, 0.1) is 12.1 Å². The zero-order valence-electron chi connectivity index (χ0n) is 13.4. The van der Waals surface area contributed by atoms with Crippen molar-refractivity contribution in [2.75, 3.05) is 0 Å². The van der Waals surface area contributed by atoms with Crippen molar-refractivity contribution in [3.63, 3.8) is 0 Å². The molecule has 0 amide bonds. The largest absolute Gasteiger partial charge is 0.392 e. The van der Waals surface area contributed by atoms with Gasteiger partial charge in [0.15, 0.2) is 0 Å². The quantitative estimate of drug-likeness (QED) is 0.774. The number of nitrogens with zero attached hydrogens (tertiary/aromatic N) is 1. The van der Waals surface area contributed by atoms with Crippen molar-refractivity contribution in [3.05, 3.63) is 58.2 Å². The van der Waals surface area contributed by atoms with Crippen LogP contribution in [0.1, 0.15) is 43.9 Å². The van der Waals surface area contributed by atoms with Crippen LogP contribution in [0.25, 0.3) is 11.6 Å². The average molecular weight is 291 g/mol. The molecule has 1 aromatic carbocycles. The fourth-order valence-electron chi connectivity index (χ4n) is 4.04. The molecule has 1 atom stereocenters. The van der Waals surface area contributed by atoms with E-state index in [-0.39, 0.29) is 12.1 Å². The van der Waals surface area contributed by atoms with E-state index in [0.717, 1.165) is 12.0 Å². The molecule has 0 bridgehead atoms. The Labute approximate surface area is 131 Å². The summed E-state index contributed by atoms with van der Waals surface area (Å²) in [5.74, 6) is 0.337. The number of benzene rings is 1. The van der Waals surface area contributed by atoms with Crippen LogP contribution in [-0.4, -0.2) is 16.4 Å². The lowest BCUT2D eigenvalue weighted by molar-refractivity contribution is 0.281. The van der Waals surface area contributed by atoms with Crippen molar-refractivity contribution in [2.45, 2.75) is 39.3 Å². The van der Waals surface area contributed by atoms with E-state index >= 15 is 0 Å². The van der Waals surface area contributed by atoms with Gasteiger partial charge in [-0.25, -0.2) is 0 Å². The molecule has 1 aromatic rings. The van der Waals surface area contributed by atoms with Crippen LogP contribution in [0.3, 0.4) is 0 Å². The van der Waals surface area contributed by atoms with Crippen LogP contribution >= 0.6 is 0 Å². The average Bonchev–Trinajstić information content (AvgIpc) is 2.81. The Kier molecular flexibility index (Phi) is 2.82. The van der Waals surface area contributed by atoms with Gasteiger partial charge in [-0.1, -0.05) is 35.9 Å².